The lowest BCUT2D eigenvalue weighted by atomic mass is 10.0. The highest BCUT2D eigenvalue weighted by molar-refractivity contribution is 5.95. The Bertz CT molecular complexity index is 1340. The van der Waals surface area contributed by atoms with Gasteiger partial charge in [-0.25, -0.2) is 4.98 Å². The van der Waals surface area contributed by atoms with Crippen LogP contribution in [0.2, 0.25) is 0 Å². The first-order valence-electron chi connectivity index (χ1n) is 12.4. The summed E-state index contributed by atoms with van der Waals surface area (Å²) in [5.74, 6) is 2.15. The molecule has 3 aromatic carbocycles. The van der Waals surface area contributed by atoms with Crippen LogP contribution in [0.1, 0.15) is 64.6 Å². The van der Waals surface area contributed by atoms with E-state index in [1.54, 1.807) is 0 Å². The first-order valence-corrected chi connectivity index (χ1v) is 12.4. The molecule has 5 heteroatoms. The zero-order valence-corrected chi connectivity index (χ0v) is 21.4. The van der Waals surface area contributed by atoms with Gasteiger partial charge in [-0.2, -0.15) is 0 Å². The Morgan fingerprint density at radius 1 is 1.00 bits per heavy atom. The van der Waals surface area contributed by atoms with E-state index in [1.807, 2.05) is 50.2 Å². The minimum absolute atomic E-state index is 0.0786. The summed E-state index contributed by atoms with van der Waals surface area (Å²) < 4.78 is 8.40. The van der Waals surface area contributed by atoms with Crippen LogP contribution in [0, 0.1) is 20.8 Å². The summed E-state index contributed by atoms with van der Waals surface area (Å²) >= 11 is 0. The average Bonchev–Trinajstić information content (AvgIpc) is 3.17. The molecule has 0 saturated heterocycles. The van der Waals surface area contributed by atoms with E-state index in [0.717, 1.165) is 46.7 Å². The molecule has 5 nitrogen and oxygen atoms in total. The van der Waals surface area contributed by atoms with Crippen LogP contribution in [0.3, 0.4) is 0 Å². The third kappa shape index (κ3) is 5.73. The highest BCUT2D eigenvalue weighted by atomic mass is 16.5. The van der Waals surface area contributed by atoms with Crippen molar-refractivity contribution < 1.29 is 9.53 Å². The molecule has 0 unspecified atom stereocenters. The van der Waals surface area contributed by atoms with Crippen LogP contribution in [0.15, 0.2) is 60.7 Å². The highest BCUT2D eigenvalue weighted by Crippen LogP contribution is 2.27. The van der Waals surface area contributed by atoms with Crippen molar-refractivity contribution in [2.45, 2.75) is 60.0 Å². The number of aromatic nitrogens is 2. The maximum absolute atomic E-state index is 12.8. The Balaban J connectivity index is 1.45. The Morgan fingerprint density at radius 2 is 1.74 bits per heavy atom. The van der Waals surface area contributed by atoms with Crippen molar-refractivity contribution in [3.63, 3.8) is 0 Å². The average molecular weight is 470 g/mol. The monoisotopic (exact) mass is 469 g/mol. The number of imidazole rings is 1. The van der Waals surface area contributed by atoms with Crippen molar-refractivity contribution >= 4 is 16.9 Å². The number of carbonyl (C=O) groups is 1. The molecule has 0 bridgehead atoms. The summed E-state index contributed by atoms with van der Waals surface area (Å²) in [5.41, 5.74) is 7.27. The van der Waals surface area contributed by atoms with Gasteiger partial charge in [0.2, 0.25) is 0 Å². The number of amides is 1. The standard InChI is InChI=1S/C30H35N3O2/c1-20(2)24-13-11-22(4)18-28(24)35-16-8-15-33-27-10-7-6-9-26(27)32-29(33)19-31-30(34)25-14-12-21(3)17-23(25)5/h6-7,9-14,17-18,20H,8,15-16,19H2,1-5H3,(H,31,34). The van der Waals surface area contributed by atoms with Crippen LogP contribution in [0.4, 0.5) is 0 Å². The minimum atomic E-state index is -0.0786. The first-order chi connectivity index (χ1) is 16.8. The minimum Gasteiger partial charge on any atom is -0.493 e. The molecule has 0 saturated carbocycles. The summed E-state index contributed by atoms with van der Waals surface area (Å²) in [6.07, 6.45) is 0.837. The van der Waals surface area contributed by atoms with Gasteiger partial charge in [0.1, 0.15) is 11.6 Å². The fourth-order valence-electron chi connectivity index (χ4n) is 4.48. The van der Waals surface area contributed by atoms with E-state index >= 15 is 0 Å². The smallest absolute Gasteiger partial charge is 0.251 e. The molecule has 4 rings (SSSR count). The maximum Gasteiger partial charge on any atom is 0.251 e. The maximum atomic E-state index is 12.8. The van der Waals surface area contributed by atoms with Crippen LogP contribution < -0.4 is 10.1 Å². The second-order valence-corrected chi connectivity index (χ2v) is 9.57. The number of fused-ring (bicyclic) bond motifs is 1. The molecule has 182 valence electrons. The van der Waals surface area contributed by atoms with Crippen LogP contribution in [-0.2, 0) is 13.1 Å². The molecule has 0 radical (unpaired) electrons. The van der Waals surface area contributed by atoms with Crippen LogP contribution >= 0.6 is 0 Å². The lowest BCUT2D eigenvalue weighted by molar-refractivity contribution is 0.0949. The fourth-order valence-corrected chi connectivity index (χ4v) is 4.48. The first kappa shape index (κ1) is 24.5. The van der Waals surface area contributed by atoms with Crippen LogP contribution in [0.25, 0.3) is 11.0 Å². The quantitative estimate of drug-likeness (QED) is 0.285. The van der Waals surface area contributed by atoms with Gasteiger partial charge >= 0.3 is 0 Å². The zero-order chi connectivity index (χ0) is 24.9. The van der Waals surface area contributed by atoms with E-state index in [9.17, 15) is 4.79 Å². The molecule has 0 fully saturated rings. The van der Waals surface area contributed by atoms with Crippen molar-refractivity contribution in [3.8, 4) is 5.75 Å². The van der Waals surface area contributed by atoms with Gasteiger partial charge in [0.15, 0.2) is 0 Å². The third-order valence-corrected chi connectivity index (χ3v) is 6.34. The number of carbonyl (C=O) groups excluding carboxylic acids is 1. The SMILES string of the molecule is Cc1ccc(C(=O)NCc2nc3ccccc3n2CCCOc2cc(C)ccc2C(C)C)c(C)c1. The van der Waals surface area contributed by atoms with E-state index in [-0.39, 0.29) is 5.91 Å². The van der Waals surface area contributed by atoms with Gasteiger partial charge in [0.05, 0.1) is 24.2 Å². The second kappa shape index (κ2) is 10.8. The summed E-state index contributed by atoms with van der Waals surface area (Å²) in [7, 11) is 0. The topological polar surface area (TPSA) is 56.2 Å². The molecule has 1 amide bonds. The molecule has 0 spiro atoms. The number of ether oxygens (including phenoxy) is 1. The number of hydrogen-bond donors (Lipinski definition) is 1. The Hall–Kier alpha value is -3.60. The Labute approximate surface area is 208 Å². The van der Waals surface area contributed by atoms with Crippen molar-refractivity contribution in [1.29, 1.82) is 0 Å². The van der Waals surface area contributed by atoms with Gasteiger partial charge in [-0.3, -0.25) is 4.79 Å². The fraction of sp³-hybridized carbons (Fsp3) is 0.333. The Kier molecular flexibility index (Phi) is 7.54. The van der Waals surface area contributed by atoms with E-state index in [2.05, 4.69) is 54.9 Å². The van der Waals surface area contributed by atoms with Crippen LogP contribution in [-0.4, -0.2) is 22.1 Å². The number of rotatable bonds is 9. The normalized spacial score (nSPS) is 11.3. The van der Waals surface area contributed by atoms with Gasteiger partial charge in [-0.1, -0.05) is 55.8 Å². The number of benzene rings is 3. The number of hydrogen-bond acceptors (Lipinski definition) is 3. The summed E-state index contributed by atoms with van der Waals surface area (Å²) in [6.45, 7) is 12.2. The van der Waals surface area contributed by atoms with Gasteiger partial charge in [0, 0.05) is 12.1 Å². The van der Waals surface area contributed by atoms with Gasteiger partial charge in [-0.05, 0) is 74.1 Å². The predicted molar refractivity (Wildman–Crippen MR) is 142 cm³/mol. The molecule has 35 heavy (non-hydrogen) atoms. The number of aryl methyl sites for hydroxylation is 4. The summed E-state index contributed by atoms with van der Waals surface area (Å²) in [4.78, 5) is 17.6. The van der Waals surface area contributed by atoms with Gasteiger partial charge < -0.3 is 14.6 Å². The van der Waals surface area contributed by atoms with E-state index < -0.39 is 0 Å². The molecule has 1 heterocycles. The van der Waals surface area contributed by atoms with E-state index in [0.29, 0.717) is 24.6 Å². The molecule has 1 N–H and O–H groups in total. The molecule has 0 aliphatic carbocycles. The number of para-hydroxylation sites is 2. The number of nitrogens with zero attached hydrogens (tertiary/aromatic N) is 2. The zero-order valence-electron chi connectivity index (χ0n) is 21.4. The summed E-state index contributed by atoms with van der Waals surface area (Å²) in [5, 5.41) is 3.07. The molecule has 0 aliphatic heterocycles. The molecular formula is C30H35N3O2. The molecule has 0 atom stereocenters. The molecule has 1 aromatic heterocycles. The van der Waals surface area contributed by atoms with Crippen molar-refractivity contribution in [2.75, 3.05) is 6.61 Å². The van der Waals surface area contributed by atoms with Crippen molar-refractivity contribution in [2.24, 2.45) is 0 Å². The lowest BCUT2D eigenvalue weighted by Gasteiger charge is -2.16. The molecule has 4 aromatic rings. The Morgan fingerprint density at radius 3 is 2.51 bits per heavy atom. The largest absolute Gasteiger partial charge is 0.493 e. The van der Waals surface area contributed by atoms with Gasteiger partial charge in [-0.15, -0.1) is 0 Å². The molecular weight excluding hydrogens is 434 g/mol. The van der Waals surface area contributed by atoms with Gasteiger partial charge in [0.25, 0.3) is 5.91 Å². The third-order valence-electron chi connectivity index (χ3n) is 6.34. The van der Waals surface area contributed by atoms with Crippen molar-refractivity contribution in [3.05, 3.63) is 94.3 Å². The molecule has 0 aliphatic rings. The van der Waals surface area contributed by atoms with E-state index in [1.165, 1.54) is 11.1 Å². The summed E-state index contributed by atoms with van der Waals surface area (Å²) in [6, 6.07) is 20.4. The second-order valence-electron chi connectivity index (χ2n) is 9.57. The van der Waals surface area contributed by atoms with E-state index in [4.69, 9.17) is 9.72 Å². The number of nitrogens with one attached hydrogen (secondary N) is 1. The lowest BCUT2D eigenvalue weighted by Crippen LogP contribution is -2.25. The highest BCUT2D eigenvalue weighted by Gasteiger charge is 2.14. The van der Waals surface area contributed by atoms with Crippen LogP contribution in [0.5, 0.6) is 5.75 Å². The predicted octanol–water partition coefficient (Wildman–Crippen LogP) is 6.48. The van der Waals surface area contributed by atoms with Crippen molar-refractivity contribution in [1.82, 2.24) is 14.9 Å².